The molecule has 0 fully saturated rings. The molecular formula is C29H24Cl2N2O6. The normalized spacial score (nSPS) is 11.3. The van der Waals surface area contributed by atoms with E-state index in [2.05, 4.69) is 10.6 Å². The van der Waals surface area contributed by atoms with Crippen LogP contribution < -0.4 is 24.8 Å². The summed E-state index contributed by atoms with van der Waals surface area (Å²) in [6.07, 6.45) is -0.721. The number of urea groups is 1. The van der Waals surface area contributed by atoms with Gasteiger partial charge in [0.1, 0.15) is 11.3 Å². The lowest BCUT2D eigenvalue weighted by molar-refractivity contribution is 0.0690. The molecule has 4 aromatic rings. The molecule has 1 atom stereocenters. The maximum atomic E-state index is 12.6. The van der Waals surface area contributed by atoms with Crippen molar-refractivity contribution in [3.63, 3.8) is 0 Å². The Morgan fingerprint density at radius 3 is 2.00 bits per heavy atom. The topological polar surface area (TPSA) is 106 Å². The Hall–Kier alpha value is -4.40. The molecule has 8 nitrogen and oxygen atoms in total. The van der Waals surface area contributed by atoms with Gasteiger partial charge in [-0.25, -0.2) is 9.59 Å². The van der Waals surface area contributed by atoms with Crippen LogP contribution in [0.25, 0.3) is 0 Å². The smallest absolute Gasteiger partial charge is 0.339 e. The zero-order chi connectivity index (χ0) is 27.9. The minimum absolute atomic E-state index is 0.0909. The number of halogens is 2. The molecule has 39 heavy (non-hydrogen) atoms. The van der Waals surface area contributed by atoms with Crippen LogP contribution in [0.1, 0.15) is 27.6 Å². The van der Waals surface area contributed by atoms with Gasteiger partial charge in [0.15, 0.2) is 17.6 Å². The van der Waals surface area contributed by atoms with Crippen molar-refractivity contribution in [3.05, 3.63) is 112 Å². The summed E-state index contributed by atoms with van der Waals surface area (Å²) in [4.78, 5) is 24.8. The first-order valence-corrected chi connectivity index (χ1v) is 12.4. The molecule has 4 rings (SSSR count). The van der Waals surface area contributed by atoms with Gasteiger partial charge in [0.05, 0.1) is 14.2 Å². The number of anilines is 2. The number of nitrogens with one attached hydrogen (secondary N) is 2. The first-order valence-electron chi connectivity index (χ1n) is 11.6. The lowest BCUT2D eigenvalue weighted by Crippen LogP contribution is -2.20. The monoisotopic (exact) mass is 566 g/mol. The lowest BCUT2D eigenvalue weighted by atomic mass is 10.0. The Kier molecular flexibility index (Phi) is 8.81. The molecule has 200 valence electrons. The second kappa shape index (κ2) is 12.4. The highest BCUT2D eigenvalue weighted by molar-refractivity contribution is 6.31. The molecule has 0 bridgehead atoms. The predicted octanol–water partition coefficient (Wildman–Crippen LogP) is 7.52. The Morgan fingerprint density at radius 2 is 1.38 bits per heavy atom. The number of carboxylic acid groups (broad SMARTS) is 1. The summed E-state index contributed by atoms with van der Waals surface area (Å²) in [5.41, 5.74) is 1.92. The highest BCUT2D eigenvalue weighted by atomic mass is 35.5. The number of aromatic carboxylic acids is 1. The number of amides is 2. The van der Waals surface area contributed by atoms with Crippen LogP contribution in [-0.2, 0) is 0 Å². The molecular weight excluding hydrogens is 543 g/mol. The van der Waals surface area contributed by atoms with Crippen LogP contribution in [0.3, 0.4) is 0 Å². The Balaban J connectivity index is 1.59. The van der Waals surface area contributed by atoms with E-state index >= 15 is 0 Å². The van der Waals surface area contributed by atoms with Gasteiger partial charge < -0.3 is 30.0 Å². The van der Waals surface area contributed by atoms with Crippen molar-refractivity contribution < 1.29 is 28.9 Å². The molecule has 3 N–H and O–H groups in total. The Labute approximate surface area is 235 Å². The van der Waals surface area contributed by atoms with E-state index < -0.39 is 18.1 Å². The van der Waals surface area contributed by atoms with Crippen LogP contribution in [0, 0.1) is 0 Å². The van der Waals surface area contributed by atoms with E-state index in [1.807, 2.05) is 6.07 Å². The maximum Gasteiger partial charge on any atom is 0.339 e. The summed E-state index contributed by atoms with van der Waals surface area (Å²) in [5.74, 6) is -0.186. The summed E-state index contributed by atoms with van der Waals surface area (Å²) in [7, 11) is 3.00. The van der Waals surface area contributed by atoms with Crippen molar-refractivity contribution in [2.75, 3.05) is 24.9 Å². The number of rotatable bonds is 9. The van der Waals surface area contributed by atoms with E-state index in [9.17, 15) is 14.7 Å². The van der Waals surface area contributed by atoms with E-state index in [0.717, 1.165) is 5.56 Å². The van der Waals surface area contributed by atoms with Gasteiger partial charge in [-0.15, -0.1) is 0 Å². The number of hydrogen-bond donors (Lipinski definition) is 3. The molecule has 0 aliphatic rings. The summed E-state index contributed by atoms with van der Waals surface area (Å²) in [6, 6.07) is 22.8. The number of benzene rings is 4. The highest BCUT2D eigenvalue weighted by Crippen LogP contribution is 2.35. The van der Waals surface area contributed by atoms with Crippen LogP contribution in [0.15, 0.2) is 84.9 Å². The van der Waals surface area contributed by atoms with E-state index in [4.69, 9.17) is 37.4 Å². The zero-order valence-electron chi connectivity index (χ0n) is 20.9. The molecule has 0 radical (unpaired) electrons. The van der Waals surface area contributed by atoms with Gasteiger partial charge in [0, 0.05) is 33.0 Å². The molecule has 0 saturated heterocycles. The van der Waals surface area contributed by atoms with E-state index in [1.165, 1.54) is 26.4 Å². The van der Waals surface area contributed by atoms with Gasteiger partial charge in [-0.05, 0) is 54.1 Å². The number of hydrogen-bond acceptors (Lipinski definition) is 5. The van der Waals surface area contributed by atoms with Crippen molar-refractivity contribution in [2.24, 2.45) is 0 Å². The number of ether oxygens (including phenoxy) is 3. The molecule has 0 aliphatic heterocycles. The van der Waals surface area contributed by atoms with Gasteiger partial charge in [-0.1, -0.05) is 53.5 Å². The zero-order valence-corrected chi connectivity index (χ0v) is 22.4. The molecule has 0 spiro atoms. The molecule has 0 aromatic heterocycles. The van der Waals surface area contributed by atoms with Crippen molar-refractivity contribution in [1.82, 2.24) is 0 Å². The first kappa shape index (κ1) is 27.6. The van der Waals surface area contributed by atoms with Crippen molar-refractivity contribution in [3.8, 4) is 17.2 Å². The SMILES string of the molecule is COc1ccc(NC(=O)Nc2ccc(OC(c3ccc(Cl)cc3)c3ccccc3Cl)c(C(=O)O)c2)cc1OC. The second-order valence-corrected chi connectivity index (χ2v) is 9.08. The third kappa shape index (κ3) is 6.73. The van der Waals surface area contributed by atoms with Crippen LogP contribution in [-0.4, -0.2) is 31.3 Å². The van der Waals surface area contributed by atoms with Crippen LogP contribution in [0.2, 0.25) is 10.0 Å². The lowest BCUT2D eigenvalue weighted by Gasteiger charge is -2.22. The quantitative estimate of drug-likeness (QED) is 0.193. The fourth-order valence-electron chi connectivity index (χ4n) is 3.85. The number of carbonyl (C=O) groups excluding carboxylic acids is 1. The minimum atomic E-state index is -1.23. The molecule has 10 heteroatoms. The van der Waals surface area contributed by atoms with Gasteiger partial charge in [0.25, 0.3) is 0 Å². The third-order valence-corrected chi connectivity index (χ3v) is 6.31. The van der Waals surface area contributed by atoms with Gasteiger partial charge >= 0.3 is 12.0 Å². The van der Waals surface area contributed by atoms with Crippen LogP contribution in [0.5, 0.6) is 17.2 Å². The molecule has 0 aliphatic carbocycles. The molecule has 0 heterocycles. The largest absolute Gasteiger partial charge is 0.493 e. The summed E-state index contributed by atoms with van der Waals surface area (Å²) in [5, 5.41) is 16.2. The molecule has 2 amide bonds. The fraction of sp³-hybridized carbons (Fsp3) is 0.103. The van der Waals surface area contributed by atoms with Crippen LogP contribution in [0.4, 0.5) is 16.2 Å². The fourth-order valence-corrected chi connectivity index (χ4v) is 4.21. The Bertz CT molecular complexity index is 1490. The predicted molar refractivity (Wildman–Crippen MR) is 151 cm³/mol. The number of carbonyl (C=O) groups is 2. The van der Waals surface area contributed by atoms with Crippen molar-refractivity contribution >= 4 is 46.6 Å². The van der Waals surface area contributed by atoms with Gasteiger partial charge in [-0.3, -0.25) is 0 Å². The summed E-state index contributed by atoms with van der Waals surface area (Å²) >= 11 is 12.5. The number of methoxy groups -OCH3 is 2. The molecule has 1 unspecified atom stereocenters. The van der Waals surface area contributed by atoms with E-state index in [-0.39, 0.29) is 17.0 Å². The second-order valence-electron chi connectivity index (χ2n) is 8.24. The summed E-state index contributed by atoms with van der Waals surface area (Å²) < 4.78 is 16.7. The van der Waals surface area contributed by atoms with Crippen molar-refractivity contribution in [1.29, 1.82) is 0 Å². The molecule has 4 aromatic carbocycles. The van der Waals surface area contributed by atoms with Gasteiger partial charge in [0.2, 0.25) is 0 Å². The summed E-state index contributed by atoms with van der Waals surface area (Å²) in [6.45, 7) is 0. The first-order chi connectivity index (χ1) is 18.8. The van der Waals surface area contributed by atoms with E-state index in [0.29, 0.717) is 32.8 Å². The molecule has 0 saturated carbocycles. The average Bonchev–Trinajstić information content (AvgIpc) is 2.93. The average molecular weight is 567 g/mol. The minimum Gasteiger partial charge on any atom is -0.493 e. The highest BCUT2D eigenvalue weighted by Gasteiger charge is 2.23. The Morgan fingerprint density at radius 1 is 0.769 bits per heavy atom. The third-order valence-electron chi connectivity index (χ3n) is 5.71. The standard InChI is InChI=1S/C29H24Cl2N2O6/c1-37-25-14-12-20(16-26(25)38-2)33-29(36)32-19-11-13-24(22(15-19)28(34)35)39-27(17-7-9-18(30)10-8-17)21-5-3-4-6-23(21)31/h3-16,27H,1-2H3,(H,34,35)(H2,32,33,36). The maximum absolute atomic E-state index is 12.6. The van der Waals surface area contributed by atoms with Crippen molar-refractivity contribution in [2.45, 2.75) is 6.10 Å². The van der Waals surface area contributed by atoms with Gasteiger partial charge in [-0.2, -0.15) is 0 Å². The van der Waals surface area contributed by atoms with E-state index in [1.54, 1.807) is 66.7 Å². The van der Waals surface area contributed by atoms with Crippen LogP contribution >= 0.6 is 23.2 Å². The number of carboxylic acids is 1.